The zero-order valence-electron chi connectivity index (χ0n) is 9.05. The van der Waals surface area contributed by atoms with Crippen molar-refractivity contribution < 1.29 is 1.43 Å². The molecule has 76 valence electrons. The molecule has 0 atom stereocenters. The molecule has 3 heteroatoms. The van der Waals surface area contributed by atoms with Crippen LogP contribution in [0.25, 0.3) is 11.2 Å². The van der Waals surface area contributed by atoms with Gasteiger partial charge < -0.3 is 4.98 Å². The third-order valence-corrected chi connectivity index (χ3v) is 2.32. The van der Waals surface area contributed by atoms with Gasteiger partial charge in [-0.25, -0.2) is 9.97 Å². The fourth-order valence-corrected chi connectivity index (χ4v) is 1.43. The van der Waals surface area contributed by atoms with E-state index in [0.717, 1.165) is 17.0 Å². The highest BCUT2D eigenvalue weighted by molar-refractivity contribution is 5.71. The van der Waals surface area contributed by atoms with E-state index in [0.29, 0.717) is 0 Å². The van der Waals surface area contributed by atoms with Crippen molar-refractivity contribution in [2.45, 2.75) is 33.1 Å². The Morgan fingerprint density at radius 1 is 1.36 bits per heavy atom. The number of pyridine rings is 1. The van der Waals surface area contributed by atoms with Crippen molar-refractivity contribution in [1.29, 1.82) is 0 Å². The van der Waals surface area contributed by atoms with Gasteiger partial charge in [-0.3, -0.25) is 0 Å². The Morgan fingerprint density at radius 3 is 2.71 bits per heavy atom. The third kappa shape index (κ3) is 1.50. The van der Waals surface area contributed by atoms with Gasteiger partial charge in [0.2, 0.25) is 0 Å². The Balaban J connectivity index is 0.00000112. The highest BCUT2D eigenvalue weighted by Gasteiger charge is 2.15. The molecule has 0 aliphatic carbocycles. The van der Waals surface area contributed by atoms with Crippen LogP contribution in [-0.4, -0.2) is 15.0 Å². The van der Waals surface area contributed by atoms with Gasteiger partial charge in [-0.05, 0) is 24.0 Å². The standard InChI is InChI=1S/C11H15N3.H2/c1-7-13-9-5-8(11(2,3)4)6-12-10(9)14-7;/h5-6H,1-4H3,(H,12,13,14);1H. The zero-order chi connectivity index (χ0) is 10.3. The first kappa shape index (κ1) is 9.19. The van der Waals surface area contributed by atoms with Crippen molar-refractivity contribution in [1.82, 2.24) is 15.0 Å². The number of hydrogen-bond donors (Lipinski definition) is 1. The van der Waals surface area contributed by atoms with Gasteiger partial charge in [0.25, 0.3) is 0 Å². The second-order valence-corrected chi connectivity index (χ2v) is 4.67. The van der Waals surface area contributed by atoms with Gasteiger partial charge in [-0.2, -0.15) is 0 Å². The second kappa shape index (κ2) is 2.80. The van der Waals surface area contributed by atoms with Gasteiger partial charge in [0.1, 0.15) is 5.82 Å². The number of fused-ring (bicyclic) bond motifs is 1. The van der Waals surface area contributed by atoms with E-state index < -0.39 is 0 Å². The molecular formula is C11H17N3. The molecule has 3 nitrogen and oxygen atoms in total. The number of imidazole rings is 1. The van der Waals surface area contributed by atoms with Gasteiger partial charge in [0.05, 0.1) is 5.52 Å². The minimum absolute atomic E-state index is 0. The number of H-pyrrole nitrogens is 1. The van der Waals surface area contributed by atoms with E-state index in [2.05, 4.69) is 41.8 Å². The maximum absolute atomic E-state index is 4.33. The van der Waals surface area contributed by atoms with E-state index >= 15 is 0 Å². The monoisotopic (exact) mass is 191 g/mol. The van der Waals surface area contributed by atoms with Crippen LogP contribution in [0.5, 0.6) is 0 Å². The van der Waals surface area contributed by atoms with E-state index in [4.69, 9.17) is 0 Å². The highest BCUT2D eigenvalue weighted by Crippen LogP contribution is 2.23. The summed E-state index contributed by atoms with van der Waals surface area (Å²) in [4.78, 5) is 11.8. The maximum atomic E-state index is 4.33. The summed E-state index contributed by atoms with van der Waals surface area (Å²) in [6.07, 6.45) is 1.91. The van der Waals surface area contributed by atoms with Crippen LogP contribution in [0.2, 0.25) is 0 Å². The number of rotatable bonds is 0. The lowest BCUT2D eigenvalue weighted by Crippen LogP contribution is -2.11. The van der Waals surface area contributed by atoms with E-state index in [1.807, 2.05) is 13.1 Å². The maximum Gasteiger partial charge on any atom is 0.177 e. The van der Waals surface area contributed by atoms with Crippen molar-refractivity contribution in [2.75, 3.05) is 0 Å². The smallest absolute Gasteiger partial charge is 0.177 e. The first-order valence-corrected chi connectivity index (χ1v) is 4.80. The minimum atomic E-state index is 0. The minimum Gasteiger partial charge on any atom is -0.341 e. The van der Waals surface area contributed by atoms with E-state index in [9.17, 15) is 0 Å². The lowest BCUT2D eigenvalue weighted by molar-refractivity contribution is 0.588. The van der Waals surface area contributed by atoms with Crippen molar-refractivity contribution in [3.05, 3.63) is 23.7 Å². The summed E-state index contributed by atoms with van der Waals surface area (Å²) >= 11 is 0. The van der Waals surface area contributed by atoms with Gasteiger partial charge in [0, 0.05) is 7.62 Å². The fourth-order valence-electron chi connectivity index (χ4n) is 1.43. The number of aromatic nitrogens is 3. The van der Waals surface area contributed by atoms with Crippen LogP contribution in [0.4, 0.5) is 0 Å². The molecule has 1 N–H and O–H groups in total. The molecule has 0 fully saturated rings. The van der Waals surface area contributed by atoms with Crippen LogP contribution >= 0.6 is 0 Å². The molecular weight excluding hydrogens is 174 g/mol. The van der Waals surface area contributed by atoms with Crippen LogP contribution < -0.4 is 0 Å². The third-order valence-electron chi connectivity index (χ3n) is 2.32. The molecule has 0 spiro atoms. The largest absolute Gasteiger partial charge is 0.341 e. The van der Waals surface area contributed by atoms with Crippen molar-refractivity contribution in [3.63, 3.8) is 0 Å². The number of aromatic amines is 1. The Kier molecular flexibility index (Phi) is 1.84. The summed E-state index contributed by atoms with van der Waals surface area (Å²) in [6.45, 7) is 8.48. The first-order valence-electron chi connectivity index (χ1n) is 4.80. The topological polar surface area (TPSA) is 41.6 Å². The Morgan fingerprint density at radius 2 is 2.07 bits per heavy atom. The van der Waals surface area contributed by atoms with Crippen molar-refractivity contribution >= 4 is 11.2 Å². The van der Waals surface area contributed by atoms with Crippen LogP contribution in [0, 0.1) is 6.92 Å². The molecule has 0 aromatic carbocycles. The lowest BCUT2D eigenvalue weighted by atomic mass is 9.88. The van der Waals surface area contributed by atoms with Crippen LogP contribution in [-0.2, 0) is 5.41 Å². The van der Waals surface area contributed by atoms with E-state index in [1.165, 1.54) is 5.56 Å². The van der Waals surface area contributed by atoms with Crippen LogP contribution in [0.1, 0.15) is 33.6 Å². The molecule has 0 aliphatic rings. The van der Waals surface area contributed by atoms with Crippen LogP contribution in [0.3, 0.4) is 0 Å². The Hall–Kier alpha value is -1.38. The molecule has 0 unspecified atom stereocenters. The molecule has 2 heterocycles. The Labute approximate surface area is 85.1 Å². The molecule has 0 aliphatic heterocycles. The van der Waals surface area contributed by atoms with Gasteiger partial charge >= 0.3 is 0 Å². The predicted octanol–water partition coefficient (Wildman–Crippen LogP) is 2.81. The molecule has 0 amide bonds. The summed E-state index contributed by atoms with van der Waals surface area (Å²) in [6, 6.07) is 2.13. The van der Waals surface area contributed by atoms with Crippen LogP contribution in [0.15, 0.2) is 12.3 Å². The summed E-state index contributed by atoms with van der Waals surface area (Å²) < 4.78 is 0. The van der Waals surface area contributed by atoms with E-state index in [-0.39, 0.29) is 6.84 Å². The quantitative estimate of drug-likeness (QED) is 0.695. The molecule has 14 heavy (non-hydrogen) atoms. The number of hydrogen-bond acceptors (Lipinski definition) is 2. The lowest BCUT2D eigenvalue weighted by Gasteiger charge is -2.17. The highest BCUT2D eigenvalue weighted by atomic mass is 15.0. The average Bonchev–Trinajstić information content (AvgIpc) is 2.41. The molecule has 2 rings (SSSR count). The van der Waals surface area contributed by atoms with Crippen molar-refractivity contribution in [2.24, 2.45) is 0 Å². The zero-order valence-corrected chi connectivity index (χ0v) is 9.05. The molecule has 0 saturated heterocycles. The average molecular weight is 191 g/mol. The second-order valence-electron chi connectivity index (χ2n) is 4.67. The molecule has 2 aromatic heterocycles. The molecule has 0 radical (unpaired) electrons. The van der Waals surface area contributed by atoms with Gasteiger partial charge in [-0.15, -0.1) is 0 Å². The normalized spacial score (nSPS) is 12.3. The SMILES string of the molecule is Cc1nc2ncc(C(C)(C)C)cc2[nH]1.[HH]. The molecule has 2 aromatic rings. The number of aryl methyl sites for hydroxylation is 1. The molecule has 0 bridgehead atoms. The summed E-state index contributed by atoms with van der Waals surface area (Å²) in [5.41, 5.74) is 3.19. The molecule has 0 saturated carbocycles. The summed E-state index contributed by atoms with van der Waals surface area (Å²) in [7, 11) is 0. The summed E-state index contributed by atoms with van der Waals surface area (Å²) in [5, 5.41) is 0. The van der Waals surface area contributed by atoms with Gasteiger partial charge in [-0.1, -0.05) is 20.8 Å². The Bertz CT molecular complexity index is 468. The van der Waals surface area contributed by atoms with E-state index in [1.54, 1.807) is 0 Å². The summed E-state index contributed by atoms with van der Waals surface area (Å²) in [5.74, 6) is 0.915. The fraction of sp³-hybridized carbons (Fsp3) is 0.455. The number of nitrogens with zero attached hydrogens (tertiary/aromatic N) is 2. The van der Waals surface area contributed by atoms with Gasteiger partial charge in [0.15, 0.2) is 5.65 Å². The first-order chi connectivity index (χ1) is 6.47. The van der Waals surface area contributed by atoms with Crippen molar-refractivity contribution in [3.8, 4) is 0 Å². The number of nitrogens with one attached hydrogen (secondary N) is 1. The predicted molar refractivity (Wildman–Crippen MR) is 59.4 cm³/mol.